The molecule has 1 aliphatic rings. The molecule has 0 saturated carbocycles. The Balaban J connectivity index is 1.74. The summed E-state index contributed by atoms with van der Waals surface area (Å²) in [4.78, 5) is 28.0. The van der Waals surface area contributed by atoms with Crippen LogP contribution in [0.15, 0.2) is 42.5 Å². The Kier molecular flexibility index (Phi) is 7.50. The van der Waals surface area contributed by atoms with Crippen molar-refractivity contribution in [2.45, 2.75) is 59.0 Å². The molecule has 0 aliphatic carbocycles. The van der Waals surface area contributed by atoms with E-state index >= 15 is 0 Å². The summed E-state index contributed by atoms with van der Waals surface area (Å²) in [6.07, 6.45) is 4.28. The SMILES string of the molecule is CC[C@H](Oc1ccc(C)cc1C)C(=O)Nc1ccccc1C(=O)N1CCCCCC1. The minimum Gasteiger partial charge on any atom is -0.480 e. The van der Waals surface area contributed by atoms with Crippen molar-refractivity contribution in [1.29, 1.82) is 0 Å². The molecular weight excluding hydrogens is 376 g/mol. The number of hydrogen-bond acceptors (Lipinski definition) is 3. The number of nitrogens with one attached hydrogen (secondary N) is 1. The molecule has 0 spiro atoms. The van der Waals surface area contributed by atoms with E-state index in [1.54, 1.807) is 12.1 Å². The first-order valence-corrected chi connectivity index (χ1v) is 10.9. The molecule has 30 heavy (non-hydrogen) atoms. The molecule has 2 aromatic carbocycles. The van der Waals surface area contributed by atoms with Crippen LogP contribution in [0.5, 0.6) is 5.75 Å². The zero-order chi connectivity index (χ0) is 21.5. The summed E-state index contributed by atoms with van der Waals surface area (Å²) >= 11 is 0. The first-order valence-electron chi connectivity index (χ1n) is 10.9. The first-order chi connectivity index (χ1) is 14.5. The van der Waals surface area contributed by atoms with Gasteiger partial charge >= 0.3 is 0 Å². The maximum atomic E-state index is 13.1. The number of benzene rings is 2. The summed E-state index contributed by atoms with van der Waals surface area (Å²) < 4.78 is 6.01. The zero-order valence-corrected chi connectivity index (χ0v) is 18.2. The fourth-order valence-corrected chi connectivity index (χ4v) is 3.84. The quantitative estimate of drug-likeness (QED) is 0.722. The molecule has 5 nitrogen and oxygen atoms in total. The van der Waals surface area contributed by atoms with Gasteiger partial charge in [0.1, 0.15) is 5.75 Å². The van der Waals surface area contributed by atoms with Crippen LogP contribution >= 0.6 is 0 Å². The molecule has 160 valence electrons. The van der Waals surface area contributed by atoms with E-state index in [0.717, 1.165) is 49.9 Å². The van der Waals surface area contributed by atoms with Gasteiger partial charge in [-0.3, -0.25) is 9.59 Å². The summed E-state index contributed by atoms with van der Waals surface area (Å²) in [7, 11) is 0. The molecule has 2 aromatic rings. The van der Waals surface area contributed by atoms with Crippen LogP contribution in [0.25, 0.3) is 0 Å². The molecule has 0 unspecified atom stereocenters. The van der Waals surface area contributed by atoms with Gasteiger partial charge < -0.3 is 15.0 Å². The summed E-state index contributed by atoms with van der Waals surface area (Å²) in [5.74, 6) is 0.446. The number of amides is 2. The van der Waals surface area contributed by atoms with E-state index in [0.29, 0.717) is 23.4 Å². The zero-order valence-electron chi connectivity index (χ0n) is 18.2. The lowest BCUT2D eigenvalue weighted by Gasteiger charge is -2.23. The minimum absolute atomic E-state index is 0.0175. The van der Waals surface area contributed by atoms with Crippen molar-refractivity contribution in [1.82, 2.24) is 4.90 Å². The highest BCUT2D eigenvalue weighted by Crippen LogP contribution is 2.23. The molecule has 1 aliphatic heterocycles. The van der Waals surface area contributed by atoms with Gasteiger partial charge in [-0.05, 0) is 56.9 Å². The predicted molar refractivity (Wildman–Crippen MR) is 120 cm³/mol. The second-order valence-corrected chi connectivity index (χ2v) is 8.02. The Hall–Kier alpha value is -2.82. The van der Waals surface area contributed by atoms with Crippen molar-refractivity contribution in [3.63, 3.8) is 0 Å². The third kappa shape index (κ3) is 5.41. The van der Waals surface area contributed by atoms with Gasteiger partial charge in [-0.15, -0.1) is 0 Å². The van der Waals surface area contributed by atoms with Gasteiger partial charge in [0.05, 0.1) is 11.3 Å². The van der Waals surface area contributed by atoms with E-state index < -0.39 is 6.10 Å². The Labute approximate surface area is 179 Å². The maximum Gasteiger partial charge on any atom is 0.265 e. The van der Waals surface area contributed by atoms with Crippen LogP contribution in [0.4, 0.5) is 5.69 Å². The van der Waals surface area contributed by atoms with E-state index in [2.05, 4.69) is 5.32 Å². The van der Waals surface area contributed by atoms with Gasteiger partial charge in [-0.1, -0.05) is 49.6 Å². The fourth-order valence-electron chi connectivity index (χ4n) is 3.84. The van der Waals surface area contributed by atoms with Crippen LogP contribution in [0.3, 0.4) is 0 Å². The molecule has 1 N–H and O–H groups in total. The van der Waals surface area contributed by atoms with Crippen LogP contribution in [0, 0.1) is 13.8 Å². The van der Waals surface area contributed by atoms with Gasteiger partial charge in [0.2, 0.25) is 0 Å². The summed E-state index contributed by atoms with van der Waals surface area (Å²) in [5.41, 5.74) is 3.23. The molecule has 1 saturated heterocycles. The van der Waals surface area contributed by atoms with Crippen molar-refractivity contribution >= 4 is 17.5 Å². The van der Waals surface area contributed by atoms with Crippen molar-refractivity contribution < 1.29 is 14.3 Å². The summed E-state index contributed by atoms with van der Waals surface area (Å²) in [6.45, 7) is 7.46. The van der Waals surface area contributed by atoms with Gasteiger partial charge in [-0.25, -0.2) is 0 Å². The third-order valence-electron chi connectivity index (χ3n) is 5.57. The van der Waals surface area contributed by atoms with E-state index in [1.165, 1.54) is 0 Å². The smallest absolute Gasteiger partial charge is 0.265 e. The normalized spacial score (nSPS) is 15.2. The average Bonchev–Trinajstić information content (AvgIpc) is 3.02. The van der Waals surface area contributed by atoms with Crippen LogP contribution in [0.2, 0.25) is 0 Å². The second kappa shape index (κ2) is 10.3. The van der Waals surface area contributed by atoms with Gasteiger partial charge in [-0.2, -0.15) is 0 Å². The van der Waals surface area contributed by atoms with Crippen LogP contribution in [-0.4, -0.2) is 35.9 Å². The molecular formula is C25H32N2O3. The van der Waals surface area contributed by atoms with Crippen molar-refractivity contribution in [3.05, 3.63) is 59.2 Å². The van der Waals surface area contributed by atoms with Gasteiger partial charge in [0, 0.05) is 13.1 Å². The number of hydrogen-bond donors (Lipinski definition) is 1. The Morgan fingerprint density at radius 1 is 1.03 bits per heavy atom. The molecule has 1 fully saturated rings. The molecule has 2 amide bonds. The summed E-state index contributed by atoms with van der Waals surface area (Å²) in [5, 5.41) is 2.94. The van der Waals surface area contributed by atoms with Crippen LogP contribution in [0.1, 0.15) is 60.5 Å². The first kappa shape index (κ1) is 21.9. The molecule has 1 heterocycles. The highest BCUT2D eigenvalue weighted by molar-refractivity contribution is 6.04. The summed E-state index contributed by atoms with van der Waals surface area (Å²) in [6, 6.07) is 13.2. The average molecular weight is 409 g/mol. The van der Waals surface area contributed by atoms with E-state index in [4.69, 9.17) is 4.74 Å². The van der Waals surface area contributed by atoms with Crippen molar-refractivity contribution in [2.24, 2.45) is 0 Å². The monoisotopic (exact) mass is 408 g/mol. The number of rotatable bonds is 6. The number of anilines is 1. The van der Waals surface area contributed by atoms with E-state index in [-0.39, 0.29) is 11.8 Å². The van der Waals surface area contributed by atoms with E-state index in [9.17, 15) is 9.59 Å². The molecule has 0 aromatic heterocycles. The largest absolute Gasteiger partial charge is 0.480 e. The minimum atomic E-state index is -0.632. The number of carbonyl (C=O) groups is 2. The number of nitrogens with zero attached hydrogens (tertiary/aromatic N) is 1. The molecule has 5 heteroatoms. The maximum absolute atomic E-state index is 13.1. The van der Waals surface area contributed by atoms with Gasteiger partial charge in [0.25, 0.3) is 11.8 Å². The Morgan fingerprint density at radius 3 is 2.40 bits per heavy atom. The van der Waals surface area contributed by atoms with Gasteiger partial charge in [0.15, 0.2) is 6.10 Å². The van der Waals surface area contributed by atoms with Crippen LogP contribution < -0.4 is 10.1 Å². The highest BCUT2D eigenvalue weighted by atomic mass is 16.5. The number of para-hydroxylation sites is 1. The molecule has 3 rings (SSSR count). The highest BCUT2D eigenvalue weighted by Gasteiger charge is 2.24. The standard InChI is InChI=1S/C25H32N2O3/c1-4-22(30-23-14-13-18(2)17-19(23)3)24(28)26-21-12-8-7-11-20(21)25(29)27-15-9-5-6-10-16-27/h7-8,11-14,17,22H,4-6,9-10,15-16H2,1-3H3,(H,26,28)/t22-/m0/s1. The number of likely N-dealkylation sites (tertiary alicyclic amines) is 1. The number of aryl methyl sites for hydroxylation is 2. The molecule has 1 atom stereocenters. The lowest BCUT2D eigenvalue weighted by molar-refractivity contribution is -0.122. The molecule has 0 bridgehead atoms. The van der Waals surface area contributed by atoms with Crippen molar-refractivity contribution in [2.75, 3.05) is 18.4 Å². The second-order valence-electron chi connectivity index (χ2n) is 8.02. The van der Waals surface area contributed by atoms with Crippen LogP contribution in [-0.2, 0) is 4.79 Å². The lowest BCUT2D eigenvalue weighted by Crippen LogP contribution is -2.35. The predicted octanol–water partition coefficient (Wildman–Crippen LogP) is 5.12. The lowest BCUT2D eigenvalue weighted by atomic mass is 10.1. The number of ether oxygens (including phenoxy) is 1. The molecule has 0 radical (unpaired) electrons. The number of carbonyl (C=O) groups excluding carboxylic acids is 2. The fraction of sp³-hybridized carbons (Fsp3) is 0.440. The van der Waals surface area contributed by atoms with Crippen molar-refractivity contribution in [3.8, 4) is 5.75 Å². The third-order valence-corrected chi connectivity index (χ3v) is 5.57. The Morgan fingerprint density at radius 2 is 1.73 bits per heavy atom. The topological polar surface area (TPSA) is 58.6 Å². The van der Waals surface area contributed by atoms with E-state index in [1.807, 2.05) is 56.0 Å². The Bertz CT molecular complexity index is 886.